The van der Waals surface area contributed by atoms with Crippen molar-refractivity contribution in [2.24, 2.45) is 17.3 Å². The quantitative estimate of drug-likeness (QED) is 0.652. The van der Waals surface area contributed by atoms with Crippen molar-refractivity contribution in [3.63, 3.8) is 0 Å². The molecule has 0 aliphatic heterocycles. The summed E-state index contributed by atoms with van der Waals surface area (Å²) in [5.41, 5.74) is 0.487. The second-order valence-electron chi connectivity index (χ2n) is 5.67. The number of rotatable bonds is 3. The van der Waals surface area contributed by atoms with E-state index >= 15 is 0 Å². The van der Waals surface area contributed by atoms with Crippen molar-refractivity contribution in [2.45, 2.75) is 46.5 Å². The highest BCUT2D eigenvalue weighted by atomic mass is 16.5. The molecule has 78 valence electrons. The molecule has 2 unspecified atom stereocenters. The van der Waals surface area contributed by atoms with Gasteiger partial charge >= 0.3 is 0 Å². The molecular weight excluding hydrogens is 160 g/mol. The molecule has 0 spiro atoms. The van der Waals surface area contributed by atoms with Crippen LogP contribution in [0.4, 0.5) is 0 Å². The summed E-state index contributed by atoms with van der Waals surface area (Å²) in [6.07, 6.45) is 5.58. The lowest BCUT2D eigenvalue weighted by Gasteiger charge is -2.27. The number of hydrogen-bond donors (Lipinski definition) is 0. The fourth-order valence-electron chi connectivity index (χ4n) is 2.60. The molecule has 13 heavy (non-hydrogen) atoms. The van der Waals surface area contributed by atoms with Gasteiger partial charge in [0, 0.05) is 13.7 Å². The molecule has 0 radical (unpaired) electrons. The van der Waals surface area contributed by atoms with E-state index in [1.165, 1.54) is 25.7 Å². The molecule has 1 aliphatic carbocycles. The molecule has 2 atom stereocenters. The van der Waals surface area contributed by atoms with E-state index in [9.17, 15) is 0 Å². The fourth-order valence-corrected chi connectivity index (χ4v) is 2.60. The van der Waals surface area contributed by atoms with Crippen LogP contribution in [0.2, 0.25) is 0 Å². The molecule has 1 aliphatic rings. The van der Waals surface area contributed by atoms with Crippen molar-refractivity contribution in [3.8, 4) is 0 Å². The molecule has 1 fully saturated rings. The highest BCUT2D eigenvalue weighted by Gasteiger charge is 2.30. The summed E-state index contributed by atoms with van der Waals surface area (Å²) in [6.45, 7) is 8.00. The van der Waals surface area contributed by atoms with Crippen molar-refractivity contribution in [1.29, 1.82) is 0 Å². The average molecular weight is 184 g/mol. The molecule has 1 rings (SSSR count). The maximum absolute atomic E-state index is 5.27. The zero-order valence-electron chi connectivity index (χ0n) is 9.60. The Labute approximate surface area is 82.9 Å². The highest BCUT2D eigenvalue weighted by molar-refractivity contribution is 4.80. The highest BCUT2D eigenvalue weighted by Crippen LogP contribution is 2.39. The van der Waals surface area contributed by atoms with Gasteiger partial charge in [0.25, 0.3) is 0 Å². The van der Waals surface area contributed by atoms with Gasteiger partial charge in [-0.05, 0) is 30.1 Å². The van der Waals surface area contributed by atoms with E-state index < -0.39 is 0 Å². The van der Waals surface area contributed by atoms with E-state index in [4.69, 9.17) is 4.74 Å². The molecule has 0 aromatic carbocycles. The van der Waals surface area contributed by atoms with Crippen LogP contribution in [-0.2, 0) is 4.74 Å². The molecule has 0 bridgehead atoms. The van der Waals surface area contributed by atoms with Crippen molar-refractivity contribution >= 4 is 0 Å². The van der Waals surface area contributed by atoms with E-state index in [1.54, 1.807) is 0 Å². The standard InChI is InChI=1S/C12H24O/c1-12(2,3)8-10-6-5-7-11(10)9-13-4/h10-11H,5-9H2,1-4H3. The van der Waals surface area contributed by atoms with Crippen LogP contribution in [0.25, 0.3) is 0 Å². The molecule has 0 N–H and O–H groups in total. The first kappa shape index (κ1) is 11.0. The maximum Gasteiger partial charge on any atom is 0.0493 e. The maximum atomic E-state index is 5.27. The molecule has 0 aromatic rings. The minimum absolute atomic E-state index is 0.487. The lowest BCUT2D eigenvalue weighted by atomic mass is 9.80. The Morgan fingerprint density at radius 2 is 1.77 bits per heavy atom. The van der Waals surface area contributed by atoms with Crippen molar-refractivity contribution in [2.75, 3.05) is 13.7 Å². The predicted octanol–water partition coefficient (Wildman–Crippen LogP) is 3.49. The first-order chi connectivity index (χ1) is 6.03. The van der Waals surface area contributed by atoms with Gasteiger partial charge in [0.15, 0.2) is 0 Å². The third-order valence-electron chi connectivity index (χ3n) is 3.07. The van der Waals surface area contributed by atoms with E-state index in [-0.39, 0.29) is 0 Å². The molecule has 1 saturated carbocycles. The number of methoxy groups -OCH3 is 1. The van der Waals surface area contributed by atoms with Crippen LogP contribution in [0.1, 0.15) is 46.5 Å². The predicted molar refractivity (Wildman–Crippen MR) is 56.8 cm³/mol. The topological polar surface area (TPSA) is 9.23 Å². The van der Waals surface area contributed by atoms with E-state index in [2.05, 4.69) is 20.8 Å². The van der Waals surface area contributed by atoms with Crippen molar-refractivity contribution in [3.05, 3.63) is 0 Å². The summed E-state index contributed by atoms with van der Waals surface area (Å²) >= 11 is 0. The summed E-state index contributed by atoms with van der Waals surface area (Å²) < 4.78 is 5.27. The van der Waals surface area contributed by atoms with Gasteiger partial charge in [-0.25, -0.2) is 0 Å². The molecular formula is C12H24O. The Balaban J connectivity index is 2.39. The molecule has 1 nitrogen and oxygen atoms in total. The first-order valence-corrected chi connectivity index (χ1v) is 5.52. The van der Waals surface area contributed by atoms with Crippen LogP contribution in [0, 0.1) is 17.3 Å². The van der Waals surface area contributed by atoms with Crippen molar-refractivity contribution < 1.29 is 4.74 Å². The Morgan fingerprint density at radius 1 is 1.15 bits per heavy atom. The summed E-state index contributed by atoms with van der Waals surface area (Å²) in [4.78, 5) is 0. The van der Waals surface area contributed by atoms with Crippen LogP contribution in [-0.4, -0.2) is 13.7 Å². The normalized spacial score (nSPS) is 29.5. The van der Waals surface area contributed by atoms with E-state index in [0.717, 1.165) is 18.4 Å². The zero-order valence-corrected chi connectivity index (χ0v) is 9.60. The molecule has 0 heterocycles. The van der Waals surface area contributed by atoms with Gasteiger partial charge in [0.05, 0.1) is 0 Å². The van der Waals surface area contributed by atoms with E-state index in [0.29, 0.717) is 5.41 Å². The van der Waals surface area contributed by atoms with Gasteiger partial charge in [-0.2, -0.15) is 0 Å². The van der Waals surface area contributed by atoms with Gasteiger partial charge in [-0.1, -0.05) is 33.6 Å². The average Bonchev–Trinajstić information content (AvgIpc) is 2.34. The molecule has 0 saturated heterocycles. The Hall–Kier alpha value is -0.0400. The summed E-state index contributed by atoms with van der Waals surface area (Å²) in [5, 5.41) is 0. The van der Waals surface area contributed by atoms with Gasteiger partial charge in [-0.15, -0.1) is 0 Å². The largest absolute Gasteiger partial charge is 0.384 e. The smallest absolute Gasteiger partial charge is 0.0493 e. The molecule has 1 heteroatoms. The molecule has 0 amide bonds. The van der Waals surface area contributed by atoms with Gasteiger partial charge in [0.1, 0.15) is 0 Å². The van der Waals surface area contributed by atoms with E-state index in [1.807, 2.05) is 7.11 Å². The Morgan fingerprint density at radius 3 is 2.31 bits per heavy atom. The van der Waals surface area contributed by atoms with Gasteiger partial charge < -0.3 is 4.74 Å². The van der Waals surface area contributed by atoms with Crippen molar-refractivity contribution in [1.82, 2.24) is 0 Å². The molecule has 0 aromatic heterocycles. The minimum Gasteiger partial charge on any atom is -0.384 e. The Kier molecular flexibility index (Phi) is 3.78. The SMILES string of the molecule is COCC1CCCC1CC(C)(C)C. The monoisotopic (exact) mass is 184 g/mol. The number of ether oxygens (including phenoxy) is 1. The lowest BCUT2D eigenvalue weighted by molar-refractivity contribution is 0.117. The third-order valence-corrected chi connectivity index (χ3v) is 3.07. The summed E-state index contributed by atoms with van der Waals surface area (Å²) in [7, 11) is 1.83. The zero-order chi connectivity index (χ0) is 9.90. The van der Waals surface area contributed by atoms with Gasteiger partial charge in [-0.3, -0.25) is 0 Å². The van der Waals surface area contributed by atoms with Crippen LogP contribution < -0.4 is 0 Å². The number of hydrogen-bond acceptors (Lipinski definition) is 1. The summed E-state index contributed by atoms with van der Waals surface area (Å²) in [5.74, 6) is 1.75. The fraction of sp³-hybridized carbons (Fsp3) is 1.00. The van der Waals surface area contributed by atoms with Crippen LogP contribution >= 0.6 is 0 Å². The second kappa shape index (κ2) is 4.45. The third kappa shape index (κ3) is 3.68. The lowest BCUT2D eigenvalue weighted by Crippen LogP contribution is -2.19. The second-order valence-corrected chi connectivity index (χ2v) is 5.67. The van der Waals surface area contributed by atoms with Crippen LogP contribution in [0.3, 0.4) is 0 Å². The first-order valence-electron chi connectivity index (χ1n) is 5.52. The van der Waals surface area contributed by atoms with Gasteiger partial charge in [0.2, 0.25) is 0 Å². The van der Waals surface area contributed by atoms with Crippen LogP contribution in [0.15, 0.2) is 0 Å². The minimum atomic E-state index is 0.487. The summed E-state index contributed by atoms with van der Waals surface area (Å²) in [6, 6.07) is 0. The van der Waals surface area contributed by atoms with Crippen LogP contribution in [0.5, 0.6) is 0 Å². The Bertz CT molecular complexity index is 146.